The van der Waals surface area contributed by atoms with Crippen LogP contribution in [0.2, 0.25) is 0 Å². The summed E-state index contributed by atoms with van der Waals surface area (Å²) in [5, 5.41) is 25.3. The van der Waals surface area contributed by atoms with Gasteiger partial charge in [0.25, 0.3) is 5.69 Å². The molecular formula is C10H11N3O4. The maximum absolute atomic E-state index is 11.6. The predicted octanol–water partition coefficient (Wildman–Crippen LogP) is 0.458. The lowest BCUT2D eigenvalue weighted by Crippen LogP contribution is -2.48. The molecule has 3 N–H and O–H groups in total. The van der Waals surface area contributed by atoms with Crippen molar-refractivity contribution in [3.05, 3.63) is 28.3 Å². The van der Waals surface area contributed by atoms with Crippen molar-refractivity contribution in [3.8, 4) is 5.75 Å². The molecule has 1 aliphatic heterocycles. The summed E-state index contributed by atoms with van der Waals surface area (Å²) < 4.78 is 0. The van der Waals surface area contributed by atoms with Gasteiger partial charge >= 0.3 is 0 Å². The van der Waals surface area contributed by atoms with Crippen molar-refractivity contribution in [2.24, 2.45) is 5.92 Å². The largest absolute Gasteiger partial charge is 0.508 e. The van der Waals surface area contributed by atoms with Crippen LogP contribution in [-0.2, 0) is 4.79 Å². The molecule has 0 spiro atoms. The van der Waals surface area contributed by atoms with E-state index < -0.39 is 4.92 Å². The lowest BCUT2D eigenvalue weighted by atomic mass is 10.0. The monoisotopic (exact) mass is 237 g/mol. The minimum absolute atomic E-state index is 0.102. The van der Waals surface area contributed by atoms with Gasteiger partial charge in [-0.1, -0.05) is 0 Å². The number of rotatable bonds is 3. The van der Waals surface area contributed by atoms with Gasteiger partial charge in [-0.25, -0.2) is 0 Å². The Kier molecular flexibility index (Phi) is 2.92. The number of phenols is 1. The van der Waals surface area contributed by atoms with E-state index in [4.69, 9.17) is 5.11 Å². The molecule has 2 rings (SSSR count). The van der Waals surface area contributed by atoms with Crippen LogP contribution >= 0.6 is 0 Å². The lowest BCUT2D eigenvalue weighted by Gasteiger charge is -2.25. The van der Waals surface area contributed by atoms with Gasteiger partial charge < -0.3 is 15.7 Å². The quantitative estimate of drug-likeness (QED) is 0.402. The molecule has 1 aromatic carbocycles. The van der Waals surface area contributed by atoms with Crippen molar-refractivity contribution in [3.63, 3.8) is 0 Å². The number of nitrogens with zero attached hydrogens (tertiary/aromatic N) is 1. The number of nitro benzene ring substituents is 1. The van der Waals surface area contributed by atoms with Gasteiger partial charge in [0, 0.05) is 13.1 Å². The third kappa shape index (κ3) is 2.34. The summed E-state index contributed by atoms with van der Waals surface area (Å²) in [6.45, 7) is 1.16. The molecule has 0 bridgehead atoms. The summed E-state index contributed by atoms with van der Waals surface area (Å²) in [7, 11) is 0. The van der Waals surface area contributed by atoms with E-state index in [-0.39, 0.29) is 28.9 Å². The second-order valence-electron chi connectivity index (χ2n) is 3.80. The van der Waals surface area contributed by atoms with Crippen molar-refractivity contribution in [2.45, 2.75) is 0 Å². The van der Waals surface area contributed by atoms with Crippen molar-refractivity contribution in [1.29, 1.82) is 0 Å². The summed E-state index contributed by atoms with van der Waals surface area (Å²) in [5.74, 6) is -0.610. The highest BCUT2D eigenvalue weighted by atomic mass is 16.6. The number of nitro groups is 1. The molecule has 0 aliphatic carbocycles. The summed E-state index contributed by atoms with van der Waals surface area (Å²) in [6, 6.07) is 3.62. The third-order valence-corrected chi connectivity index (χ3v) is 2.59. The van der Waals surface area contributed by atoms with Gasteiger partial charge in [0.2, 0.25) is 5.91 Å². The number of amides is 1. The number of hydrogen-bond acceptors (Lipinski definition) is 5. The van der Waals surface area contributed by atoms with Crippen molar-refractivity contribution in [1.82, 2.24) is 5.32 Å². The molecule has 1 saturated heterocycles. The maximum atomic E-state index is 11.6. The first-order valence-corrected chi connectivity index (χ1v) is 5.07. The molecule has 0 radical (unpaired) electrons. The number of carbonyl (C=O) groups excluding carboxylic acids is 1. The average molecular weight is 237 g/mol. The number of hydrogen-bond donors (Lipinski definition) is 3. The number of benzene rings is 1. The number of anilines is 1. The molecule has 0 atom stereocenters. The first-order valence-electron chi connectivity index (χ1n) is 5.07. The van der Waals surface area contributed by atoms with Crippen LogP contribution in [0, 0.1) is 16.0 Å². The third-order valence-electron chi connectivity index (χ3n) is 2.59. The number of aromatic hydroxyl groups is 1. The first kappa shape index (κ1) is 11.3. The number of carbonyl (C=O) groups is 1. The average Bonchev–Trinajstić information content (AvgIpc) is 2.17. The second kappa shape index (κ2) is 4.38. The van der Waals surface area contributed by atoms with Gasteiger partial charge in [0.1, 0.15) is 11.4 Å². The molecule has 1 aromatic rings. The van der Waals surface area contributed by atoms with E-state index in [9.17, 15) is 14.9 Å². The van der Waals surface area contributed by atoms with Crippen molar-refractivity contribution in [2.75, 3.05) is 18.4 Å². The van der Waals surface area contributed by atoms with E-state index in [0.29, 0.717) is 13.1 Å². The van der Waals surface area contributed by atoms with Crippen LogP contribution < -0.4 is 10.6 Å². The van der Waals surface area contributed by atoms with Crippen LogP contribution in [0.5, 0.6) is 5.75 Å². The van der Waals surface area contributed by atoms with Gasteiger partial charge in [-0.05, 0) is 12.1 Å². The Balaban J connectivity index is 2.19. The van der Waals surface area contributed by atoms with Gasteiger partial charge in [-0.15, -0.1) is 0 Å². The highest BCUT2D eigenvalue weighted by Crippen LogP contribution is 2.28. The fourth-order valence-corrected chi connectivity index (χ4v) is 1.49. The van der Waals surface area contributed by atoms with Crippen LogP contribution in [0.1, 0.15) is 0 Å². The van der Waals surface area contributed by atoms with Gasteiger partial charge in [-0.3, -0.25) is 14.9 Å². The zero-order valence-corrected chi connectivity index (χ0v) is 8.84. The molecule has 7 heteroatoms. The van der Waals surface area contributed by atoms with Crippen LogP contribution in [-0.4, -0.2) is 29.0 Å². The number of nitrogens with one attached hydrogen (secondary N) is 2. The molecule has 0 aromatic heterocycles. The van der Waals surface area contributed by atoms with Crippen LogP contribution in [0.3, 0.4) is 0 Å². The summed E-state index contributed by atoms with van der Waals surface area (Å²) >= 11 is 0. The van der Waals surface area contributed by atoms with Crippen LogP contribution in [0.15, 0.2) is 18.2 Å². The fourth-order valence-electron chi connectivity index (χ4n) is 1.49. The Morgan fingerprint density at radius 1 is 1.53 bits per heavy atom. The van der Waals surface area contributed by atoms with Gasteiger partial charge in [-0.2, -0.15) is 0 Å². The molecule has 0 saturated carbocycles. The smallest absolute Gasteiger partial charge is 0.296 e. The van der Waals surface area contributed by atoms with Gasteiger partial charge in [0.15, 0.2) is 0 Å². The summed E-state index contributed by atoms with van der Waals surface area (Å²) in [5.41, 5.74) is -0.213. The SMILES string of the molecule is O=C(Nc1ccc(O)cc1[N+](=O)[O-])C1CNC1. The summed E-state index contributed by atoms with van der Waals surface area (Å²) in [4.78, 5) is 21.7. The van der Waals surface area contributed by atoms with E-state index in [1.807, 2.05) is 0 Å². The molecule has 1 aliphatic rings. The topological polar surface area (TPSA) is 104 Å². The highest BCUT2D eigenvalue weighted by Gasteiger charge is 2.26. The molecule has 1 fully saturated rings. The zero-order chi connectivity index (χ0) is 12.4. The highest BCUT2D eigenvalue weighted by molar-refractivity contribution is 5.95. The molecule has 17 heavy (non-hydrogen) atoms. The second-order valence-corrected chi connectivity index (χ2v) is 3.80. The Bertz CT molecular complexity index is 471. The maximum Gasteiger partial charge on any atom is 0.296 e. The fraction of sp³-hybridized carbons (Fsp3) is 0.300. The Labute approximate surface area is 96.6 Å². The lowest BCUT2D eigenvalue weighted by molar-refractivity contribution is -0.384. The first-order chi connectivity index (χ1) is 8.08. The molecule has 1 heterocycles. The number of phenolic OH excluding ortho intramolecular Hbond substituents is 1. The normalized spacial score (nSPS) is 15.1. The summed E-state index contributed by atoms with van der Waals surface area (Å²) in [6.07, 6.45) is 0. The molecule has 0 unspecified atom stereocenters. The van der Waals surface area contributed by atoms with E-state index >= 15 is 0 Å². The van der Waals surface area contributed by atoms with Crippen LogP contribution in [0.25, 0.3) is 0 Å². The van der Waals surface area contributed by atoms with E-state index in [1.165, 1.54) is 12.1 Å². The Hall–Kier alpha value is -2.15. The molecule has 7 nitrogen and oxygen atoms in total. The van der Waals surface area contributed by atoms with E-state index in [2.05, 4.69) is 10.6 Å². The standard InChI is InChI=1S/C10H11N3O4/c14-7-1-2-8(9(3-7)13(16)17)12-10(15)6-4-11-5-6/h1-3,6,11,14H,4-5H2,(H,12,15). The minimum Gasteiger partial charge on any atom is -0.508 e. The zero-order valence-electron chi connectivity index (χ0n) is 8.84. The van der Waals surface area contributed by atoms with Crippen LogP contribution in [0.4, 0.5) is 11.4 Å². The van der Waals surface area contributed by atoms with E-state index in [0.717, 1.165) is 6.07 Å². The predicted molar refractivity (Wildman–Crippen MR) is 59.8 cm³/mol. The van der Waals surface area contributed by atoms with Crippen molar-refractivity contribution >= 4 is 17.3 Å². The van der Waals surface area contributed by atoms with Gasteiger partial charge in [0.05, 0.1) is 16.9 Å². The molecule has 1 amide bonds. The molecule has 90 valence electrons. The Morgan fingerprint density at radius 2 is 2.24 bits per heavy atom. The molecular weight excluding hydrogens is 226 g/mol. The minimum atomic E-state index is -0.644. The Morgan fingerprint density at radius 3 is 2.76 bits per heavy atom. The van der Waals surface area contributed by atoms with Crippen molar-refractivity contribution < 1.29 is 14.8 Å². The van der Waals surface area contributed by atoms with E-state index in [1.54, 1.807) is 0 Å².